The molecule has 1 saturated heterocycles. The van der Waals surface area contributed by atoms with Crippen molar-refractivity contribution in [3.8, 4) is 0 Å². The first-order valence-electron chi connectivity index (χ1n) is 7.25. The van der Waals surface area contributed by atoms with Gasteiger partial charge in [0.25, 0.3) is 0 Å². The molecule has 106 valence electrons. The molecular weight excluding hydrogens is 238 g/mol. The van der Waals surface area contributed by atoms with Crippen molar-refractivity contribution in [3.63, 3.8) is 0 Å². The molecule has 0 atom stereocenters. The first-order chi connectivity index (χ1) is 9.35. The summed E-state index contributed by atoms with van der Waals surface area (Å²) in [5.74, 6) is 0. The molecule has 1 aliphatic heterocycles. The van der Waals surface area contributed by atoms with E-state index in [1.54, 1.807) is 0 Å². The summed E-state index contributed by atoms with van der Waals surface area (Å²) in [6.07, 6.45) is 2.18. The molecule has 3 nitrogen and oxygen atoms in total. The Morgan fingerprint density at radius 2 is 1.95 bits per heavy atom. The second-order valence-corrected chi connectivity index (χ2v) is 5.37. The predicted molar refractivity (Wildman–Crippen MR) is 77.1 cm³/mol. The summed E-state index contributed by atoms with van der Waals surface area (Å²) in [5.41, 5.74) is 1.50. The summed E-state index contributed by atoms with van der Waals surface area (Å²) in [6, 6.07) is 10.4. The number of ether oxygens (including phenoxy) is 2. The van der Waals surface area contributed by atoms with Crippen molar-refractivity contribution in [3.05, 3.63) is 35.9 Å². The lowest BCUT2D eigenvalue weighted by molar-refractivity contribution is -0.0428. The molecule has 1 aromatic rings. The molecule has 1 aromatic carbocycles. The second-order valence-electron chi connectivity index (χ2n) is 5.37. The van der Waals surface area contributed by atoms with Crippen LogP contribution in [0.3, 0.4) is 0 Å². The van der Waals surface area contributed by atoms with Gasteiger partial charge in [0.05, 0.1) is 13.2 Å². The van der Waals surface area contributed by atoms with Gasteiger partial charge >= 0.3 is 0 Å². The molecule has 0 unspecified atom stereocenters. The number of nitrogens with one attached hydrogen (secondary N) is 1. The molecule has 0 aliphatic carbocycles. The second kappa shape index (κ2) is 7.63. The minimum absolute atomic E-state index is 0.253. The van der Waals surface area contributed by atoms with Gasteiger partial charge in [-0.05, 0) is 24.9 Å². The van der Waals surface area contributed by atoms with Crippen molar-refractivity contribution in [1.82, 2.24) is 5.32 Å². The Morgan fingerprint density at radius 3 is 2.63 bits per heavy atom. The van der Waals surface area contributed by atoms with E-state index in [9.17, 15) is 0 Å². The van der Waals surface area contributed by atoms with E-state index in [1.165, 1.54) is 5.56 Å². The van der Waals surface area contributed by atoms with Gasteiger partial charge in [-0.1, -0.05) is 37.3 Å². The lowest BCUT2D eigenvalue weighted by Crippen LogP contribution is -2.42. The highest BCUT2D eigenvalue weighted by Gasteiger charge is 2.32. The molecule has 3 heteroatoms. The van der Waals surface area contributed by atoms with Crippen LogP contribution in [0.15, 0.2) is 30.3 Å². The van der Waals surface area contributed by atoms with Gasteiger partial charge in [0.2, 0.25) is 0 Å². The Balaban J connectivity index is 1.82. The van der Waals surface area contributed by atoms with Crippen molar-refractivity contribution < 1.29 is 9.47 Å². The topological polar surface area (TPSA) is 30.5 Å². The lowest BCUT2D eigenvalue weighted by atomic mass is 9.81. The Labute approximate surface area is 116 Å². The van der Waals surface area contributed by atoms with Gasteiger partial charge in [-0.3, -0.25) is 0 Å². The first kappa shape index (κ1) is 14.5. The third kappa shape index (κ3) is 4.60. The van der Waals surface area contributed by atoms with E-state index < -0.39 is 0 Å². The van der Waals surface area contributed by atoms with E-state index in [2.05, 4.69) is 36.5 Å². The van der Waals surface area contributed by atoms with Gasteiger partial charge in [-0.15, -0.1) is 0 Å². The summed E-state index contributed by atoms with van der Waals surface area (Å²) < 4.78 is 11.5. The third-order valence-corrected chi connectivity index (χ3v) is 3.82. The van der Waals surface area contributed by atoms with Crippen LogP contribution in [0.5, 0.6) is 0 Å². The van der Waals surface area contributed by atoms with E-state index in [-0.39, 0.29) is 5.41 Å². The molecular formula is C16H25NO2. The first-order valence-corrected chi connectivity index (χ1v) is 7.25. The quantitative estimate of drug-likeness (QED) is 0.820. The number of hydrogen-bond acceptors (Lipinski definition) is 3. The molecule has 0 spiro atoms. The fraction of sp³-hybridized carbons (Fsp3) is 0.625. The van der Waals surface area contributed by atoms with Crippen LogP contribution in [0.4, 0.5) is 0 Å². The van der Waals surface area contributed by atoms with Gasteiger partial charge in [0.15, 0.2) is 0 Å². The van der Waals surface area contributed by atoms with Crippen LogP contribution >= 0.6 is 0 Å². The molecule has 2 rings (SSSR count). The van der Waals surface area contributed by atoms with Crippen LogP contribution in [0.1, 0.15) is 25.3 Å². The van der Waals surface area contributed by atoms with Crippen LogP contribution in [0.2, 0.25) is 0 Å². The normalized spacial score (nSPS) is 18.4. The maximum absolute atomic E-state index is 5.96. The molecule has 1 heterocycles. The van der Waals surface area contributed by atoms with Crippen LogP contribution in [0.25, 0.3) is 0 Å². The van der Waals surface area contributed by atoms with Gasteiger partial charge in [-0.25, -0.2) is 0 Å². The Kier molecular flexibility index (Phi) is 5.83. The van der Waals surface area contributed by atoms with Crippen molar-refractivity contribution >= 4 is 0 Å². The summed E-state index contributed by atoms with van der Waals surface area (Å²) in [6.45, 7) is 7.44. The zero-order valence-corrected chi connectivity index (χ0v) is 11.9. The monoisotopic (exact) mass is 263 g/mol. The summed E-state index contributed by atoms with van der Waals surface area (Å²) in [5, 5.41) is 3.47. The van der Waals surface area contributed by atoms with Gasteiger partial charge in [0.1, 0.15) is 0 Å². The standard InChI is InChI=1S/C16H25NO2/c1-2-17-13-16(8-10-18-11-9-16)14-19-12-15-6-4-3-5-7-15/h3-7,17H,2,8-14H2,1H3. The Hall–Kier alpha value is -0.900. The summed E-state index contributed by atoms with van der Waals surface area (Å²) in [7, 11) is 0. The average molecular weight is 263 g/mol. The molecule has 1 N–H and O–H groups in total. The van der Waals surface area contributed by atoms with Crippen LogP contribution < -0.4 is 5.32 Å². The lowest BCUT2D eigenvalue weighted by Gasteiger charge is -2.37. The Morgan fingerprint density at radius 1 is 1.21 bits per heavy atom. The van der Waals surface area contributed by atoms with Crippen LogP contribution in [0, 0.1) is 5.41 Å². The van der Waals surface area contributed by atoms with E-state index in [0.717, 1.165) is 45.8 Å². The SMILES string of the molecule is CCNCC1(COCc2ccccc2)CCOCC1. The van der Waals surface area contributed by atoms with Crippen LogP contribution in [-0.2, 0) is 16.1 Å². The van der Waals surface area contributed by atoms with Crippen molar-refractivity contribution in [2.45, 2.75) is 26.4 Å². The fourth-order valence-electron chi connectivity index (χ4n) is 2.53. The molecule has 19 heavy (non-hydrogen) atoms. The maximum atomic E-state index is 5.96. The zero-order valence-electron chi connectivity index (χ0n) is 11.9. The van der Waals surface area contributed by atoms with Crippen molar-refractivity contribution in [2.24, 2.45) is 5.41 Å². The maximum Gasteiger partial charge on any atom is 0.0717 e. The number of hydrogen-bond donors (Lipinski definition) is 1. The molecule has 0 saturated carbocycles. The summed E-state index contributed by atoms with van der Waals surface area (Å²) >= 11 is 0. The molecule has 1 fully saturated rings. The van der Waals surface area contributed by atoms with Crippen molar-refractivity contribution in [1.29, 1.82) is 0 Å². The molecule has 0 aromatic heterocycles. The third-order valence-electron chi connectivity index (χ3n) is 3.82. The number of rotatable bonds is 7. The molecule has 0 bridgehead atoms. The fourth-order valence-corrected chi connectivity index (χ4v) is 2.53. The highest BCUT2D eigenvalue weighted by Crippen LogP contribution is 2.30. The highest BCUT2D eigenvalue weighted by atomic mass is 16.5. The van der Waals surface area contributed by atoms with E-state index in [0.29, 0.717) is 6.61 Å². The zero-order chi connectivity index (χ0) is 13.4. The smallest absolute Gasteiger partial charge is 0.0717 e. The minimum atomic E-state index is 0.253. The van der Waals surface area contributed by atoms with Gasteiger partial charge in [0, 0.05) is 25.2 Å². The van der Waals surface area contributed by atoms with Crippen molar-refractivity contribution in [2.75, 3.05) is 32.9 Å². The van der Waals surface area contributed by atoms with Gasteiger partial charge in [-0.2, -0.15) is 0 Å². The molecule has 1 aliphatic rings. The molecule has 0 radical (unpaired) electrons. The largest absolute Gasteiger partial charge is 0.381 e. The average Bonchev–Trinajstić information content (AvgIpc) is 2.47. The van der Waals surface area contributed by atoms with E-state index in [1.807, 2.05) is 6.07 Å². The highest BCUT2D eigenvalue weighted by molar-refractivity contribution is 5.13. The van der Waals surface area contributed by atoms with Crippen LogP contribution in [-0.4, -0.2) is 32.9 Å². The Bertz CT molecular complexity index is 347. The summed E-state index contributed by atoms with van der Waals surface area (Å²) in [4.78, 5) is 0. The predicted octanol–water partition coefficient (Wildman–Crippen LogP) is 2.61. The molecule has 0 amide bonds. The van der Waals surface area contributed by atoms with Gasteiger partial charge < -0.3 is 14.8 Å². The van der Waals surface area contributed by atoms with E-state index >= 15 is 0 Å². The van der Waals surface area contributed by atoms with E-state index in [4.69, 9.17) is 9.47 Å². The number of benzene rings is 1. The minimum Gasteiger partial charge on any atom is -0.381 e.